The van der Waals surface area contributed by atoms with Crippen LogP contribution >= 0.6 is 0 Å². The van der Waals surface area contributed by atoms with Crippen LogP contribution in [0.3, 0.4) is 0 Å². The van der Waals surface area contributed by atoms with E-state index < -0.39 is 0 Å². The molecule has 1 aromatic rings. The molecule has 4 heteroatoms. The van der Waals surface area contributed by atoms with Crippen molar-refractivity contribution in [3.63, 3.8) is 0 Å². The number of ether oxygens (including phenoxy) is 2. The lowest BCUT2D eigenvalue weighted by atomic mass is 10.3. The van der Waals surface area contributed by atoms with Crippen LogP contribution in [-0.2, 0) is 16.1 Å². The fraction of sp³-hybridized carbons (Fsp3) is 0.583. The third-order valence-corrected chi connectivity index (χ3v) is 1.99. The van der Waals surface area contributed by atoms with Gasteiger partial charge in [-0.1, -0.05) is 6.07 Å². The number of nitrogens with zero attached hydrogens (tertiary/aromatic N) is 1. The van der Waals surface area contributed by atoms with Crippen molar-refractivity contribution in [2.24, 2.45) is 0 Å². The van der Waals surface area contributed by atoms with E-state index in [1.54, 1.807) is 0 Å². The molecule has 0 saturated carbocycles. The number of nitrogens with one attached hydrogen (secondary N) is 1. The van der Waals surface area contributed by atoms with Crippen molar-refractivity contribution in [1.29, 1.82) is 0 Å². The Hall–Kier alpha value is -1.13. The van der Waals surface area contributed by atoms with Crippen molar-refractivity contribution in [2.75, 3.05) is 25.6 Å². The molecule has 0 unspecified atom stereocenters. The van der Waals surface area contributed by atoms with Crippen LogP contribution in [0.2, 0.25) is 0 Å². The molecule has 0 atom stereocenters. The van der Waals surface area contributed by atoms with E-state index in [0.29, 0.717) is 19.8 Å². The second-order valence-corrected chi connectivity index (χ2v) is 3.74. The highest BCUT2D eigenvalue weighted by Gasteiger charge is 1.97. The van der Waals surface area contributed by atoms with Gasteiger partial charge in [0.05, 0.1) is 31.6 Å². The molecular formula is C12H20N2O2. The van der Waals surface area contributed by atoms with E-state index in [9.17, 15) is 0 Å². The molecule has 0 aromatic carbocycles. The predicted octanol–water partition coefficient (Wildman–Crippen LogP) is 2.06. The minimum Gasteiger partial charge on any atom is -0.376 e. The van der Waals surface area contributed by atoms with Gasteiger partial charge < -0.3 is 14.8 Å². The first kappa shape index (κ1) is 12.9. The largest absolute Gasteiger partial charge is 0.376 e. The van der Waals surface area contributed by atoms with Crippen molar-refractivity contribution in [3.05, 3.63) is 23.9 Å². The Morgan fingerprint density at radius 1 is 1.31 bits per heavy atom. The van der Waals surface area contributed by atoms with Gasteiger partial charge in [-0.15, -0.1) is 0 Å². The second kappa shape index (κ2) is 7.19. The van der Waals surface area contributed by atoms with E-state index in [1.165, 1.54) is 0 Å². The summed E-state index contributed by atoms with van der Waals surface area (Å²) < 4.78 is 10.8. The molecular weight excluding hydrogens is 204 g/mol. The zero-order valence-corrected chi connectivity index (χ0v) is 10.2. The van der Waals surface area contributed by atoms with E-state index in [1.807, 2.05) is 39.1 Å². The van der Waals surface area contributed by atoms with E-state index in [0.717, 1.165) is 11.5 Å². The Balaban J connectivity index is 2.21. The predicted molar refractivity (Wildman–Crippen MR) is 64.5 cm³/mol. The van der Waals surface area contributed by atoms with Gasteiger partial charge in [0.25, 0.3) is 0 Å². The van der Waals surface area contributed by atoms with Gasteiger partial charge in [0.2, 0.25) is 0 Å². The summed E-state index contributed by atoms with van der Waals surface area (Å²) in [6.45, 7) is 5.78. The van der Waals surface area contributed by atoms with Gasteiger partial charge in [-0.3, -0.25) is 0 Å². The van der Waals surface area contributed by atoms with Gasteiger partial charge >= 0.3 is 0 Å². The third kappa shape index (κ3) is 5.09. The van der Waals surface area contributed by atoms with Crippen molar-refractivity contribution in [2.45, 2.75) is 26.6 Å². The summed E-state index contributed by atoms with van der Waals surface area (Å²) in [6, 6.07) is 5.83. The highest BCUT2D eigenvalue weighted by atomic mass is 16.5. The monoisotopic (exact) mass is 224 g/mol. The Labute approximate surface area is 97.0 Å². The van der Waals surface area contributed by atoms with Crippen LogP contribution in [0.1, 0.15) is 19.5 Å². The molecule has 0 fully saturated rings. The van der Waals surface area contributed by atoms with Crippen LogP contribution in [0.5, 0.6) is 0 Å². The van der Waals surface area contributed by atoms with E-state index in [2.05, 4.69) is 10.3 Å². The molecule has 0 saturated heterocycles. The normalized spacial score (nSPS) is 10.8. The molecule has 0 radical (unpaired) electrons. The summed E-state index contributed by atoms with van der Waals surface area (Å²) in [5.41, 5.74) is 0.927. The van der Waals surface area contributed by atoms with Gasteiger partial charge in [-0.05, 0) is 26.0 Å². The SMILES string of the molecule is CNc1cccc(COCCOC(C)C)n1. The van der Waals surface area contributed by atoms with Gasteiger partial charge in [-0.2, -0.15) is 0 Å². The van der Waals surface area contributed by atoms with Gasteiger partial charge in [0.15, 0.2) is 0 Å². The van der Waals surface area contributed by atoms with Gasteiger partial charge in [-0.25, -0.2) is 4.98 Å². The highest BCUT2D eigenvalue weighted by molar-refractivity contribution is 5.33. The second-order valence-electron chi connectivity index (χ2n) is 3.74. The van der Waals surface area contributed by atoms with Gasteiger partial charge in [0.1, 0.15) is 5.82 Å². The van der Waals surface area contributed by atoms with Crippen LogP contribution in [0.25, 0.3) is 0 Å². The number of anilines is 1. The molecule has 1 N–H and O–H groups in total. The van der Waals surface area contributed by atoms with Crippen molar-refractivity contribution >= 4 is 5.82 Å². The first-order valence-electron chi connectivity index (χ1n) is 5.55. The quantitative estimate of drug-likeness (QED) is 0.720. The lowest BCUT2D eigenvalue weighted by molar-refractivity contribution is 0.0136. The lowest BCUT2D eigenvalue weighted by Crippen LogP contribution is -2.10. The molecule has 16 heavy (non-hydrogen) atoms. The number of hydrogen-bond donors (Lipinski definition) is 1. The third-order valence-electron chi connectivity index (χ3n) is 1.99. The Morgan fingerprint density at radius 2 is 2.12 bits per heavy atom. The van der Waals surface area contributed by atoms with Crippen molar-refractivity contribution in [3.8, 4) is 0 Å². The summed E-state index contributed by atoms with van der Waals surface area (Å²) in [5, 5.41) is 2.99. The molecule has 90 valence electrons. The van der Waals surface area contributed by atoms with Crippen LogP contribution in [0.15, 0.2) is 18.2 Å². The van der Waals surface area contributed by atoms with Crippen molar-refractivity contribution in [1.82, 2.24) is 4.98 Å². The fourth-order valence-electron chi connectivity index (χ4n) is 1.22. The molecule has 0 aliphatic heterocycles. The smallest absolute Gasteiger partial charge is 0.126 e. The Kier molecular flexibility index (Phi) is 5.82. The molecule has 0 bridgehead atoms. The topological polar surface area (TPSA) is 43.4 Å². The summed E-state index contributed by atoms with van der Waals surface area (Å²) in [7, 11) is 1.85. The fourth-order valence-corrected chi connectivity index (χ4v) is 1.22. The van der Waals surface area contributed by atoms with Crippen LogP contribution < -0.4 is 5.32 Å². The highest BCUT2D eigenvalue weighted by Crippen LogP contribution is 2.04. The summed E-state index contributed by atoms with van der Waals surface area (Å²) in [6.07, 6.45) is 0.259. The summed E-state index contributed by atoms with van der Waals surface area (Å²) in [4.78, 5) is 4.35. The zero-order chi connectivity index (χ0) is 11.8. The molecule has 0 aliphatic rings. The lowest BCUT2D eigenvalue weighted by Gasteiger charge is -2.08. The molecule has 0 spiro atoms. The Bertz CT molecular complexity index is 303. The van der Waals surface area contributed by atoms with E-state index in [4.69, 9.17) is 9.47 Å². The van der Waals surface area contributed by atoms with Crippen LogP contribution in [-0.4, -0.2) is 31.3 Å². The van der Waals surface area contributed by atoms with Crippen LogP contribution in [0, 0.1) is 0 Å². The summed E-state index contributed by atoms with van der Waals surface area (Å²) >= 11 is 0. The molecule has 0 amide bonds. The molecule has 4 nitrogen and oxygen atoms in total. The van der Waals surface area contributed by atoms with E-state index >= 15 is 0 Å². The Morgan fingerprint density at radius 3 is 2.81 bits per heavy atom. The minimum atomic E-state index is 0.259. The van der Waals surface area contributed by atoms with Crippen LogP contribution in [0.4, 0.5) is 5.82 Å². The summed E-state index contributed by atoms with van der Waals surface area (Å²) in [5.74, 6) is 0.861. The average molecular weight is 224 g/mol. The number of hydrogen-bond acceptors (Lipinski definition) is 4. The van der Waals surface area contributed by atoms with Crippen molar-refractivity contribution < 1.29 is 9.47 Å². The number of aromatic nitrogens is 1. The number of pyridine rings is 1. The standard InChI is InChI=1S/C12H20N2O2/c1-10(2)16-8-7-15-9-11-5-4-6-12(13-3)14-11/h4-6,10H,7-9H2,1-3H3,(H,13,14). The molecule has 1 aromatic heterocycles. The molecule has 0 aliphatic carbocycles. The van der Waals surface area contributed by atoms with Gasteiger partial charge in [0, 0.05) is 7.05 Å². The first-order chi connectivity index (χ1) is 7.72. The van der Waals surface area contributed by atoms with E-state index in [-0.39, 0.29) is 6.10 Å². The minimum absolute atomic E-state index is 0.259. The maximum absolute atomic E-state index is 5.45. The number of rotatable bonds is 7. The zero-order valence-electron chi connectivity index (χ0n) is 10.2. The maximum atomic E-state index is 5.45. The molecule has 1 heterocycles. The molecule has 1 rings (SSSR count). The average Bonchev–Trinajstić information content (AvgIpc) is 2.28. The maximum Gasteiger partial charge on any atom is 0.126 e. The first-order valence-corrected chi connectivity index (χ1v) is 5.55.